The van der Waals surface area contributed by atoms with E-state index in [1.807, 2.05) is 18.2 Å². The number of halogens is 1. The van der Waals surface area contributed by atoms with Crippen molar-refractivity contribution >= 4 is 37.9 Å². The number of pyridine rings is 1. The van der Waals surface area contributed by atoms with Crippen LogP contribution in [0, 0.1) is 0 Å². The van der Waals surface area contributed by atoms with Crippen LogP contribution in [0.25, 0.3) is 21.9 Å². The number of fused-ring (bicyclic) bond motifs is 2. The highest BCUT2D eigenvalue weighted by atomic mass is 79.9. The predicted octanol–water partition coefficient (Wildman–Crippen LogP) is 1.69. The van der Waals surface area contributed by atoms with Gasteiger partial charge in [0.15, 0.2) is 5.65 Å². The molecule has 1 aromatic carbocycles. The summed E-state index contributed by atoms with van der Waals surface area (Å²) < 4.78 is 0.873. The normalized spacial score (nSPS) is 11.2. The molecule has 0 aliphatic rings. The molecule has 18 heavy (non-hydrogen) atoms. The van der Waals surface area contributed by atoms with Crippen molar-refractivity contribution in [2.24, 2.45) is 5.73 Å². The van der Waals surface area contributed by atoms with Crippen molar-refractivity contribution in [2.45, 2.75) is 6.54 Å². The van der Waals surface area contributed by atoms with E-state index in [0.717, 1.165) is 15.4 Å². The van der Waals surface area contributed by atoms with E-state index in [9.17, 15) is 4.79 Å². The maximum absolute atomic E-state index is 11.9. The van der Waals surface area contributed by atoms with E-state index in [1.165, 1.54) is 0 Å². The minimum absolute atomic E-state index is 0.181. The summed E-state index contributed by atoms with van der Waals surface area (Å²) in [7, 11) is 0. The lowest BCUT2D eigenvalue weighted by molar-refractivity contribution is 0.908. The highest BCUT2D eigenvalue weighted by Gasteiger charge is 2.08. The molecule has 0 amide bonds. The number of H-pyrrole nitrogens is 1. The van der Waals surface area contributed by atoms with E-state index in [2.05, 4.69) is 30.9 Å². The van der Waals surface area contributed by atoms with Crippen LogP contribution in [0.2, 0.25) is 0 Å². The molecule has 0 radical (unpaired) electrons. The Kier molecular flexibility index (Phi) is 2.61. The van der Waals surface area contributed by atoms with Crippen LogP contribution in [0.5, 0.6) is 0 Å². The second kappa shape index (κ2) is 4.15. The van der Waals surface area contributed by atoms with Gasteiger partial charge in [0.2, 0.25) is 0 Å². The van der Waals surface area contributed by atoms with Crippen molar-refractivity contribution in [3.63, 3.8) is 0 Å². The number of aromatic nitrogens is 3. The van der Waals surface area contributed by atoms with Gasteiger partial charge < -0.3 is 10.7 Å². The first kappa shape index (κ1) is 11.3. The first-order chi connectivity index (χ1) is 8.69. The van der Waals surface area contributed by atoms with Gasteiger partial charge in [-0.05, 0) is 28.1 Å². The van der Waals surface area contributed by atoms with Gasteiger partial charge in [-0.3, -0.25) is 4.79 Å². The number of nitrogens with one attached hydrogen (secondary N) is 1. The molecular weight excluding hydrogens is 296 g/mol. The van der Waals surface area contributed by atoms with Gasteiger partial charge in [0.1, 0.15) is 5.82 Å². The summed E-state index contributed by atoms with van der Waals surface area (Å²) in [6.45, 7) is 0.181. The van der Waals surface area contributed by atoms with Gasteiger partial charge >= 0.3 is 0 Å². The van der Waals surface area contributed by atoms with E-state index in [-0.39, 0.29) is 12.1 Å². The highest BCUT2D eigenvalue weighted by molar-refractivity contribution is 9.10. The lowest BCUT2D eigenvalue weighted by Crippen LogP contribution is -2.15. The molecule has 0 fully saturated rings. The SMILES string of the molecule is NCc1nc2nc3c(Br)cccc3cc2c(=O)[nH]1. The number of rotatable bonds is 1. The smallest absolute Gasteiger partial charge is 0.260 e. The lowest BCUT2D eigenvalue weighted by Gasteiger charge is -2.03. The summed E-state index contributed by atoms with van der Waals surface area (Å²) in [6, 6.07) is 7.49. The third kappa shape index (κ3) is 1.70. The summed E-state index contributed by atoms with van der Waals surface area (Å²) in [4.78, 5) is 23.2. The number of para-hydroxylation sites is 1. The van der Waals surface area contributed by atoms with Crippen LogP contribution < -0.4 is 11.3 Å². The molecule has 90 valence electrons. The Morgan fingerprint density at radius 1 is 1.33 bits per heavy atom. The Bertz CT molecular complexity index is 812. The Balaban J connectivity index is 2.49. The first-order valence-corrected chi connectivity index (χ1v) is 6.16. The van der Waals surface area contributed by atoms with E-state index >= 15 is 0 Å². The topological polar surface area (TPSA) is 84.7 Å². The van der Waals surface area contributed by atoms with E-state index in [0.29, 0.717) is 16.9 Å². The van der Waals surface area contributed by atoms with Crippen molar-refractivity contribution in [3.05, 3.63) is 44.9 Å². The summed E-state index contributed by atoms with van der Waals surface area (Å²) >= 11 is 3.44. The predicted molar refractivity (Wildman–Crippen MR) is 73.3 cm³/mol. The second-order valence-electron chi connectivity index (χ2n) is 3.89. The Morgan fingerprint density at radius 2 is 2.17 bits per heavy atom. The van der Waals surface area contributed by atoms with Gasteiger partial charge in [0.05, 0.1) is 17.4 Å². The van der Waals surface area contributed by atoms with E-state index in [1.54, 1.807) is 6.07 Å². The van der Waals surface area contributed by atoms with Crippen molar-refractivity contribution in [1.29, 1.82) is 0 Å². The molecule has 0 aliphatic carbocycles. The molecule has 0 saturated heterocycles. The highest BCUT2D eigenvalue weighted by Crippen LogP contribution is 2.23. The fourth-order valence-electron chi connectivity index (χ4n) is 1.86. The minimum Gasteiger partial charge on any atom is -0.324 e. The largest absolute Gasteiger partial charge is 0.324 e. The molecule has 3 rings (SSSR count). The third-order valence-electron chi connectivity index (χ3n) is 2.71. The van der Waals surface area contributed by atoms with Crippen LogP contribution in [-0.4, -0.2) is 15.0 Å². The maximum Gasteiger partial charge on any atom is 0.260 e. The zero-order valence-corrected chi connectivity index (χ0v) is 10.9. The second-order valence-corrected chi connectivity index (χ2v) is 4.74. The Hall–Kier alpha value is -1.79. The number of benzene rings is 1. The molecule has 6 heteroatoms. The molecule has 5 nitrogen and oxygen atoms in total. The molecule has 3 N–H and O–H groups in total. The van der Waals surface area contributed by atoms with Gasteiger partial charge in [-0.25, -0.2) is 9.97 Å². The number of hydrogen-bond donors (Lipinski definition) is 2. The Labute approximate surface area is 110 Å². The molecule has 2 aromatic heterocycles. The molecule has 0 bridgehead atoms. The molecule has 0 spiro atoms. The molecule has 2 heterocycles. The van der Waals surface area contributed by atoms with Gasteiger partial charge in [0.25, 0.3) is 5.56 Å². The van der Waals surface area contributed by atoms with Gasteiger partial charge in [-0.1, -0.05) is 12.1 Å². The first-order valence-electron chi connectivity index (χ1n) is 5.37. The average molecular weight is 305 g/mol. The fourth-order valence-corrected chi connectivity index (χ4v) is 2.33. The van der Waals surface area contributed by atoms with E-state index < -0.39 is 0 Å². The summed E-state index contributed by atoms with van der Waals surface area (Å²) in [5, 5.41) is 1.36. The molecule has 0 atom stereocenters. The fraction of sp³-hybridized carbons (Fsp3) is 0.0833. The van der Waals surface area contributed by atoms with Gasteiger partial charge in [-0.15, -0.1) is 0 Å². The Morgan fingerprint density at radius 3 is 2.94 bits per heavy atom. The van der Waals surface area contributed by atoms with Gasteiger partial charge in [-0.2, -0.15) is 0 Å². The van der Waals surface area contributed by atoms with Crippen molar-refractivity contribution in [2.75, 3.05) is 0 Å². The van der Waals surface area contributed by atoms with Crippen LogP contribution in [-0.2, 0) is 6.54 Å². The van der Waals surface area contributed by atoms with Crippen LogP contribution in [0.4, 0.5) is 0 Å². The zero-order valence-electron chi connectivity index (χ0n) is 9.27. The van der Waals surface area contributed by atoms with E-state index in [4.69, 9.17) is 5.73 Å². The monoisotopic (exact) mass is 304 g/mol. The number of nitrogens with two attached hydrogens (primary N) is 1. The zero-order chi connectivity index (χ0) is 12.7. The number of hydrogen-bond acceptors (Lipinski definition) is 4. The summed E-state index contributed by atoms with van der Waals surface area (Å²) in [5.74, 6) is 0.436. The molecule has 3 aromatic rings. The van der Waals surface area contributed by atoms with Gasteiger partial charge in [0, 0.05) is 9.86 Å². The third-order valence-corrected chi connectivity index (χ3v) is 3.35. The van der Waals surface area contributed by atoms with Crippen molar-refractivity contribution in [3.8, 4) is 0 Å². The number of aromatic amines is 1. The summed E-state index contributed by atoms with van der Waals surface area (Å²) in [6.07, 6.45) is 0. The van der Waals surface area contributed by atoms with Crippen LogP contribution in [0.15, 0.2) is 33.5 Å². The molecule has 0 saturated carbocycles. The minimum atomic E-state index is -0.213. The van der Waals surface area contributed by atoms with Crippen LogP contribution in [0.1, 0.15) is 5.82 Å². The lowest BCUT2D eigenvalue weighted by atomic mass is 10.2. The maximum atomic E-state index is 11.9. The number of nitrogens with zero attached hydrogens (tertiary/aromatic N) is 2. The standard InChI is InChI=1S/C12H9BrN4O/c13-8-3-1-2-6-4-7-11(17-10(6)8)15-9(5-14)16-12(7)18/h1-4H,5,14H2,(H,15,16,17,18). The van der Waals surface area contributed by atoms with Crippen molar-refractivity contribution < 1.29 is 0 Å². The quantitative estimate of drug-likeness (QED) is 0.670. The summed E-state index contributed by atoms with van der Waals surface area (Å²) in [5.41, 5.74) is 6.47. The molecule has 0 unspecified atom stereocenters. The molecular formula is C12H9BrN4O. The van der Waals surface area contributed by atoms with Crippen molar-refractivity contribution in [1.82, 2.24) is 15.0 Å². The average Bonchev–Trinajstić information content (AvgIpc) is 2.38. The van der Waals surface area contributed by atoms with Crippen LogP contribution in [0.3, 0.4) is 0 Å². The van der Waals surface area contributed by atoms with Crippen LogP contribution >= 0.6 is 15.9 Å². The molecule has 0 aliphatic heterocycles.